The van der Waals surface area contributed by atoms with Crippen LogP contribution in [-0.4, -0.2) is 43.6 Å². The van der Waals surface area contributed by atoms with Gasteiger partial charge in [-0.05, 0) is 29.2 Å². The Balaban J connectivity index is 1.46. The predicted molar refractivity (Wildman–Crippen MR) is 171 cm³/mol. The maximum atomic E-state index is 12.8. The summed E-state index contributed by atoms with van der Waals surface area (Å²) in [6.45, 7) is 3.52. The monoisotopic (exact) mass is 608 g/mol. The van der Waals surface area contributed by atoms with Crippen LogP contribution in [0.25, 0.3) is 0 Å². The highest BCUT2D eigenvalue weighted by Crippen LogP contribution is 2.33. The summed E-state index contributed by atoms with van der Waals surface area (Å²) >= 11 is 0. The number of carbonyl (C=O) groups excluding carboxylic acids is 1. The molecule has 0 spiro atoms. The average Bonchev–Trinajstić information content (AvgIpc) is 3.08. The normalized spacial score (nSPS) is 20.4. The van der Waals surface area contributed by atoms with Crippen molar-refractivity contribution in [3.63, 3.8) is 0 Å². The Morgan fingerprint density at radius 1 is 0.622 bits per heavy atom. The molecule has 0 radical (unpaired) electrons. The van der Waals surface area contributed by atoms with Crippen LogP contribution in [0.2, 0.25) is 0 Å². The molecule has 1 heterocycles. The van der Waals surface area contributed by atoms with Crippen molar-refractivity contribution in [2.75, 3.05) is 13.2 Å². The lowest BCUT2D eigenvalue weighted by molar-refractivity contribution is -0.223. The smallest absolute Gasteiger partial charge is 0.334 e. The molecule has 4 aromatic rings. The maximum absolute atomic E-state index is 12.8. The summed E-state index contributed by atoms with van der Waals surface area (Å²) in [6.07, 6.45) is -1.24. The molecule has 7 nitrogen and oxygen atoms in total. The van der Waals surface area contributed by atoms with Gasteiger partial charge in [-0.1, -0.05) is 121 Å². The summed E-state index contributed by atoms with van der Waals surface area (Å²) in [6, 6.07) is 39.7. The minimum Gasteiger partial charge on any atom is -0.486 e. The van der Waals surface area contributed by atoms with Crippen LogP contribution in [0.5, 0.6) is 0 Å². The van der Waals surface area contributed by atoms with Gasteiger partial charge in [-0.2, -0.15) is 0 Å². The van der Waals surface area contributed by atoms with E-state index in [4.69, 9.17) is 28.4 Å². The second kappa shape index (κ2) is 17.3. The first-order valence-electron chi connectivity index (χ1n) is 15.3. The Bertz CT molecular complexity index is 1440. The van der Waals surface area contributed by atoms with E-state index in [0.717, 1.165) is 22.3 Å². The van der Waals surface area contributed by atoms with E-state index < -0.39 is 30.4 Å². The van der Waals surface area contributed by atoms with Crippen LogP contribution < -0.4 is 0 Å². The van der Waals surface area contributed by atoms with Crippen molar-refractivity contribution in [1.29, 1.82) is 0 Å². The standard InChI is InChI=1S/C38H40O7/c1-2-41-35(39)23-33-36(42-25-30-17-9-4-10-18-30)38(44-27-32-21-13-6-14-22-32)37(43-26-31-19-11-5-12-20-31)34(45-33)28-40-24-29-15-7-3-8-16-29/h3-23,34,36-38H,2,24-28H2,1H3/b33-23+/t34-,36-,37-,38-/m1/s1. The maximum Gasteiger partial charge on any atom is 0.334 e. The SMILES string of the molecule is CCOC(=O)/C=C1/O[C@H](COCc2ccccc2)[C@@H](OCc2ccccc2)[C@H](OCc2ccccc2)[C@@H]1OCc1ccccc1. The average molecular weight is 609 g/mol. The third kappa shape index (κ3) is 9.86. The third-order valence-corrected chi connectivity index (χ3v) is 7.34. The Morgan fingerprint density at radius 2 is 1.07 bits per heavy atom. The van der Waals surface area contributed by atoms with E-state index in [9.17, 15) is 4.79 Å². The predicted octanol–water partition coefficient (Wildman–Crippen LogP) is 6.81. The van der Waals surface area contributed by atoms with Gasteiger partial charge in [-0.25, -0.2) is 4.79 Å². The van der Waals surface area contributed by atoms with Crippen LogP contribution in [0.4, 0.5) is 0 Å². The van der Waals surface area contributed by atoms with Crippen molar-refractivity contribution in [1.82, 2.24) is 0 Å². The highest BCUT2D eigenvalue weighted by Gasteiger charge is 2.47. The Labute approximate surface area is 265 Å². The van der Waals surface area contributed by atoms with Gasteiger partial charge in [-0.15, -0.1) is 0 Å². The van der Waals surface area contributed by atoms with E-state index in [1.807, 2.05) is 121 Å². The molecular weight excluding hydrogens is 568 g/mol. The van der Waals surface area contributed by atoms with Gasteiger partial charge in [0, 0.05) is 0 Å². The van der Waals surface area contributed by atoms with Crippen LogP contribution in [-0.2, 0) is 59.6 Å². The third-order valence-electron chi connectivity index (χ3n) is 7.34. The Hall–Kier alpha value is -4.27. The van der Waals surface area contributed by atoms with Crippen LogP contribution in [0.15, 0.2) is 133 Å². The van der Waals surface area contributed by atoms with Gasteiger partial charge in [0.05, 0.1) is 45.7 Å². The van der Waals surface area contributed by atoms with Crippen molar-refractivity contribution in [2.45, 2.75) is 57.8 Å². The number of esters is 1. The van der Waals surface area contributed by atoms with Crippen molar-refractivity contribution >= 4 is 5.97 Å². The molecule has 1 aliphatic heterocycles. The molecule has 7 heteroatoms. The number of hydrogen-bond acceptors (Lipinski definition) is 7. The quantitative estimate of drug-likeness (QED) is 0.109. The highest BCUT2D eigenvalue weighted by molar-refractivity contribution is 5.82. The largest absolute Gasteiger partial charge is 0.486 e. The van der Waals surface area contributed by atoms with Gasteiger partial charge >= 0.3 is 5.97 Å². The summed E-state index contributed by atoms with van der Waals surface area (Å²) < 4.78 is 37.8. The van der Waals surface area contributed by atoms with Crippen molar-refractivity contribution in [3.05, 3.63) is 155 Å². The van der Waals surface area contributed by atoms with Gasteiger partial charge in [0.15, 0.2) is 6.10 Å². The van der Waals surface area contributed by atoms with E-state index in [-0.39, 0.29) is 19.8 Å². The first kappa shape index (κ1) is 32.1. The summed E-state index contributed by atoms with van der Waals surface area (Å²) in [5, 5.41) is 0. The number of hydrogen-bond donors (Lipinski definition) is 0. The number of carbonyl (C=O) groups is 1. The molecule has 0 N–H and O–H groups in total. The van der Waals surface area contributed by atoms with Crippen LogP contribution >= 0.6 is 0 Å². The fourth-order valence-corrected chi connectivity index (χ4v) is 5.12. The first-order valence-corrected chi connectivity index (χ1v) is 15.3. The van der Waals surface area contributed by atoms with Crippen LogP contribution in [0.1, 0.15) is 29.2 Å². The number of benzene rings is 4. The second-order valence-corrected chi connectivity index (χ2v) is 10.7. The fraction of sp³-hybridized carbons (Fsp3) is 0.289. The van der Waals surface area contributed by atoms with Gasteiger partial charge in [0.25, 0.3) is 0 Å². The van der Waals surface area contributed by atoms with Crippen molar-refractivity contribution in [2.24, 2.45) is 0 Å². The Morgan fingerprint density at radius 3 is 1.56 bits per heavy atom. The molecule has 234 valence electrons. The molecule has 45 heavy (non-hydrogen) atoms. The molecule has 1 fully saturated rings. The lowest BCUT2D eigenvalue weighted by Gasteiger charge is -2.43. The molecule has 0 bridgehead atoms. The molecule has 0 aromatic heterocycles. The molecule has 1 aliphatic rings. The van der Waals surface area contributed by atoms with E-state index in [0.29, 0.717) is 25.6 Å². The zero-order valence-electron chi connectivity index (χ0n) is 25.5. The summed E-state index contributed by atoms with van der Waals surface area (Å²) in [7, 11) is 0. The van der Waals surface area contributed by atoms with Gasteiger partial charge in [0.1, 0.15) is 24.1 Å². The number of rotatable bonds is 15. The van der Waals surface area contributed by atoms with E-state index >= 15 is 0 Å². The fourth-order valence-electron chi connectivity index (χ4n) is 5.12. The summed E-state index contributed by atoms with van der Waals surface area (Å²) in [4.78, 5) is 12.8. The lowest BCUT2D eigenvalue weighted by Crippen LogP contribution is -2.56. The second-order valence-electron chi connectivity index (χ2n) is 10.7. The molecular formula is C38H40O7. The van der Waals surface area contributed by atoms with Crippen LogP contribution in [0, 0.1) is 0 Å². The minimum absolute atomic E-state index is 0.200. The van der Waals surface area contributed by atoms with E-state index in [1.54, 1.807) is 6.92 Å². The van der Waals surface area contributed by atoms with E-state index in [2.05, 4.69) is 0 Å². The Kier molecular flexibility index (Phi) is 12.3. The molecule has 4 atom stereocenters. The lowest BCUT2D eigenvalue weighted by atomic mass is 9.96. The molecule has 0 saturated carbocycles. The molecule has 0 unspecified atom stereocenters. The minimum atomic E-state index is -0.760. The van der Waals surface area contributed by atoms with Gasteiger partial charge < -0.3 is 28.4 Å². The topological polar surface area (TPSA) is 72.5 Å². The van der Waals surface area contributed by atoms with Crippen LogP contribution in [0.3, 0.4) is 0 Å². The molecule has 5 rings (SSSR count). The summed E-state index contributed by atoms with van der Waals surface area (Å²) in [5.74, 6) is -0.203. The molecule has 0 amide bonds. The molecule has 0 aliphatic carbocycles. The molecule has 1 saturated heterocycles. The number of ether oxygens (including phenoxy) is 6. The van der Waals surface area contributed by atoms with Crippen molar-refractivity contribution < 1.29 is 33.2 Å². The zero-order valence-corrected chi connectivity index (χ0v) is 25.5. The summed E-state index contributed by atoms with van der Waals surface area (Å²) in [5.41, 5.74) is 4.03. The van der Waals surface area contributed by atoms with Crippen molar-refractivity contribution in [3.8, 4) is 0 Å². The highest BCUT2D eigenvalue weighted by atomic mass is 16.6. The van der Waals surface area contributed by atoms with Gasteiger partial charge in [0.2, 0.25) is 0 Å². The zero-order chi connectivity index (χ0) is 31.1. The van der Waals surface area contributed by atoms with E-state index in [1.165, 1.54) is 6.08 Å². The first-order chi connectivity index (χ1) is 22.2. The van der Waals surface area contributed by atoms with Gasteiger partial charge in [-0.3, -0.25) is 0 Å². The molecule has 4 aromatic carbocycles.